The minimum absolute atomic E-state index is 0.0123. The fourth-order valence-electron chi connectivity index (χ4n) is 4.84. The number of carboxylic acid groups (broad SMARTS) is 1. The second-order valence-electron chi connectivity index (χ2n) is 9.38. The van der Waals surface area contributed by atoms with E-state index in [0.29, 0.717) is 29.1 Å². The summed E-state index contributed by atoms with van der Waals surface area (Å²) in [6.07, 6.45) is 0.0629. The van der Waals surface area contributed by atoms with E-state index in [4.69, 9.17) is 0 Å². The molecule has 0 aromatic heterocycles. The van der Waals surface area contributed by atoms with Crippen molar-refractivity contribution < 1.29 is 33.5 Å². The van der Waals surface area contributed by atoms with E-state index < -0.39 is 35.1 Å². The highest BCUT2D eigenvalue weighted by molar-refractivity contribution is 8.00. The molecular formula is C28H25FN4O6S2. The third-order valence-electron chi connectivity index (χ3n) is 6.73. The van der Waals surface area contributed by atoms with Crippen molar-refractivity contribution in [2.24, 2.45) is 0 Å². The lowest BCUT2D eigenvalue weighted by molar-refractivity contribution is -0.150. The molecule has 4 N–H and O–H groups in total. The van der Waals surface area contributed by atoms with E-state index in [-0.39, 0.29) is 46.5 Å². The van der Waals surface area contributed by atoms with Crippen LogP contribution in [-0.2, 0) is 24.0 Å². The number of β-lactam (4-membered cyclic amide) rings is 1. The number of anilines is 1. The van der Waals surface area contributed by atoms with Gasteiger partial charge in [0.25, 0.3) is 5.91 Å². The van der Waals surface area contributed by atoms with Gasteiger partial charge in [0.15, 0.2) is 0 Å². The number of benzene rings is 2. The number of para-hydroxylation sites is 1. The maximum atomic E-state index is 13.2. The summed E-state index contributed by atoms with van der Waals surface area (Å²) in [7, 11) is 0. The molecule has 0 unspecified atom stereocenters. The zero-order valence-corrected chi connectivity index (χ0v) is 23.1. The molecule has 3 aliphatic heterocycles. The van der Waals surface area contributed by atoms with Gasteiger partial charge in [0.1, 0.15) is 22.9 Å². The summed E-state index contributed by atoms with van der Waals surface area (Å²) in [6.45, 7) is 0.357. The van der Waals surface area contributed by atoms with Gasteiger partial charge in [-0.3, -0.25) is 24.1 Å². The number of amides is 4. The lowest BCUT2D eigenvalue weighted by atomic mass is 9.92. The van der Waals surface area contributed by atoms with Crippen LogP contribution in [0.3, 0.4) is 0 Å². The van der Waals surface area contributed by atoms with Crippen LogP contribution in [0, 0.1) is 5.82 Å². The molecule has 0 spiro atoms. The van der Waals surface area contributed by atoms with Gasteiger partial charge in [-0.2, -0.15) is 0 Å². The molecule has 2 saturated heterocycles. The number of hydrogen-bond acceptors (Lipinski definition) is 7. The molecule has 2 fully saturated rings. The van der Waals surface area contributed by atoms with Crippen molar-refractivity contribution in [2.75, 3.05) is 23.4 Å². The van der Waals surface area contributed by atoms with Crippen LogP contribution in [0.15, 0.2) is 81.9 Å². The van der Waals surface area contributed by atoms with Gasteiger partial charge in [-0.15, -0.1) is 23.5 Å². The van der Waals surface area contributed by atoms with Crippen LogP contribution in [0.25, 0.3) is 0 Å². The summed E-state index contributed by atoms with van der Waals surface area (Å²) < 4.78 is 13.1. The number of fused-ring (bicyclic) bond motifs is 1. The van der Waals surface area contributed by atoms with Crippen molar-refractivity contribution >= 4 is 58.8 Å². The molecule has 2 aromatic carbocycles. The largest absolute Gasteiger partial charge is 0.477 e. The quantitative estimate of drug-likeness (QED) is 0.196. The van der Waals surface area contributed by atoms with Crippen LogP contribution in [0.4, 0.5) is 10.1 Å². The Kier molecular flexibility index (Phi) is 8.45. The van der Waals surface area contributed by atoms with E-state index in [9.17, 15) is 33.5 Å². The standard InChI is InChI=1S/C28H25FN4O6S2/c29-15-6-8-17(9-7-15)40-14-22(35)32-23-26(37)33-24(28(38)39)20(13-41-27(23)33)19(18-10-11-30-25(18)36)12-21(34)31-16-4-2-1-3-5-16/h1-9,23,27H,10-14H2,(H,30,36)(H,31,34)(H,32,35)(H,38,39)/t23-,27-/m1/s1. The van der Waals surface area contributed by atoms with Gasteiger partial charge in [-0.05, 0) is 54.0 Å². The SMILES string of the molecule is O=C(CC(=C1CCNC1=O)C1=C(C(=O)O)N2C(=O)[C@@H](NC(=O)CSc3ccc(F)cc3)[C@H]2SC1)Nc1ccccc1. The predicted octanol–water partition coefficient (Wildman–Crippen LogP) is 2.50. The van der Waals surface area contributed by atoms with E-state index >= 15 is 0 Å². The third kappa shape index (κ3) is 6.15. The van der Waals surface area contributed by atoms with Crippen LogP contribution >= 0.6 is 23.5 Å². The molecule has 3 aliphatic rings. The first-order valence-corrected chi connectivity index (χ1v) is 14.7. The number of thioether (sulfide) groups is 2. The van der Waals surface area contributed by atoms with Crippen molar-refractivity contribution in [3.05, 3.63) is 82.8 Å². The highest BCUT2D eigenvalue weighted by Gasteiger charge is 2.54. The second kappa shape index (κ2) is 12.2. The second-order valence-corrected chi connectivity index (χ2v) is 11.5. The van der Waals surface area contributed by atoms with Crippen molar-refractivity contribution in [2.45, 2.75) is 29.2 Å². The van der Waals surface area contributed by atoms with Crippen molar-refractivity contribution in [1.82, 2.24) is 15.5 Å². The Morgan fingerprint density at radius 1 is 1.07 bits per heavy atom. The fraction of sp³-hybridized carbons (Fsp3) is 0.250. The van der Waals surface area contributed by atoms with Gasteiger partial charge in [0.05, 0.1) is 12.2 Å². The highest BCUT2D eigenvalue weighted by Crippen LogP contribution is 2.44. The Labute approximate surface area is 242 Å². The molecule has 0 saturated carbocycles. The molecule has 3 heterocycles. The average molecular weight is 597 g/mol. The highest BCUT2D eigenvalue weighted by atomic mass is 32.2. The monoisotopic (exact) mass is 596 g/mol. The Balaban J connectivity index is 1.35. The topological polar surface area (TPSA) is 145 Å². The molecule has 2 aromatic rings. The molecule has 0 aliphatic carbocycles. The smallest absolute Gasteiger partial charge is 0.352 e. The van der Waals surface area contributed by atoms with E-state index in [1.807, 2.05) is 0 Å². The third-order valence-corrected chi connectivity index (χ3v) is 9.02. The first-order chi connectivity index (χ1) is 19.7. The van der Waals surface area contributed by atoms with E-state index in [1.54, 1.807) is 42.5 Å². The zero-order valence-electron chi connectivity index (χ0n) is 21.5. The first-order valence-electron chi connectivity index (χ1n) is 12.7. The van der Waals surface area contributed by atoms with Crippen molar-refractivity contribution in [1.29, 1.82) is 0 Å². The molecule has 212 valence electrons. The van der Waals surface area contributed by atoms with Crippen molar-refractivity contribution in [3.63, 3.8) is 0 Å². The number of aliphatic carboxylic acids is 1. The molecule has 4 amide bonds. The zero-order chi connectivity index (χ0) is 29.1. The molecule has 10 nitrogen and oxygen atoms in total. The van der Waals surface area contributed by atoms with E-state index in [1.165, 1.54) is 35.7 Å². The van der Waals surface area contributed by atoms with Crippen LogP contribution in [0.1, 0.15) is 12.8 Å². The van der Waals surface area contributed by atoms with Crippen LogP contribution < -0.4 is 16.0 Å². The maximum Gasteiger partial charge on any atom is 0.352 e. The van der Waals surface area contributed by atoms with Gasteiger partial charge < -0.3 is 21.1 Å². The molecule has 13 heteroatoms. The molecule has 0 radical (unpaired) electrons. The lowest BCUT2D eigenvalue weighted by Gasteiger charge is -2.49. The summed E-state index contributed by atoms with van der Waals surface area (Å²) in [4.78, 5) is 65.6. The summed E-state index contributed by atoms with van der Waals surface area (Å²) in [5.74, 6) is -3.47. The summed E-state index contributed by atoms with van der Waals surface area (Å²) >= 11 is 2.43. The van der Waals surface area contributed by atoms with Crippen LogP contribution in [0.2, 0.25) is 0 Å². The Hall–Kier alpha value is -4.10. The van der Waals surface area contributed by atoms with Crippen LogP contribution in [-0.4, -0.2) is 69.1 Å². The van der Waals surface area contributed by atoms with Gasteiger partial charge >= 0.3 is 5.97 Å². The molecule has 5 rings (SSSR count). The minimum Gasteiger partial charge on any atom is -0.477 e. The van der Waals surface area contributed by atoms with Gasteiger partial charge in [-0.1, -0.05) is 18.2 Å². The lowest BCUT2D eigenvalue weighted by Crippen LogP contribution is -2.70. The van der Waals surface area contributed by atoms with E-state index in [0.717, 1.165) is 4.90 Å². The summed E-state index contributed by atoms with van der Waals surface area (Å²) in [5.41, 5.74) is 1.10. The molecular weight excluding hydrogens is 571 g/mol. The summed E-state index contributed by atoms with van der Waals surface area (Å²) in [5, 5.41) is 17.6. The van der Waals surface area contributed by atoms with Gasteiger partial charge in [-0.25, -0.2) is 9.18 Å². The number of hydrogen-bond donors (Lipinski definition) is 4. The number of carbonyl (C=O) groups is 5. The van der Waals surface area contributed by atoms with Crippen LogP contribution in [0.5, 0.6) is 0 Å². The van der Waals surface area contributed by atoms with Crippen molar-refractivity contribution in [3.8, 4) is 0 Å². The number of carbonyl (C=O) groups excluding carboxylic acids is 4. The van der Waals surface area contributed by atoms with Gasteiger partial charge in [0, 0.05) is 28.5 Å². The number of nitrogens with one attached hydrogen (secondary N) is 3. The summed E-state index contributed by atoms with van der Waals surface area (Å²) in [6, 6.07) is 13.5. The molecule has 2 atom stereocenters. The van der Waals surface area contributed by atoms with Gasteiger partial charge in [0.2, 0.25) is 17.7 Å². The fourth-order valence-corrected chi connectivity index (χ4v) is 6.93. The number of nitrogens with zero attached hydrogens (tertiary/aromatic N) is 1. The van der Waals surface area contributed by atoms with E-state index in [2.05, 4.69) is 16.0 Å². The Morgan fingerprint density at radius 3 is 2.46 bits per heavy atom. The first kappa shape index (κ1) is 28.4. The Bertz CT molecular complexity index is 1480. The average Bonchev–Trinajstić information content (AvgIpc) is 3.39. The Morgan fingerprint density at radius 2 is 1.80 bits per heavy atom. The molecule has 0 bridgehead atoms. The number of carboxylic acids is 1. The number of rotatable bonds is 9. The normalized spacial score (nSPS) is 21.0. The maximum absolute atomic E-state index is 13.2. The minimum atomic E-state index is -1.37. The predicted molar refractivity (Wildman–Crippen MR) is 151 cm³/mol. The molecule has 41 heavy (non-hydrogen) atoms. The number of halogens is 1.